The molecular formula is C10H13N3O3. The van der Waals surface area contributed by atoms with Crippen molar-refractivity contribution >= 4 is 17.8 Å². The summed E-state index contributed by atoms with van der Waals surface area (Å²) in [7, 11) is 0. The summed E-state index contributed by atoms with van der Waals surface area (Å²) in [5, 5.41) is 0. The van der Waals surface area contributed by atoms with Gasteiger partial charge < -0.3 is 10.6 Å². The molecule has 0 aromatic carbocycles. The molecule has 16 heavy (non-hydrogen) atoms. The Kier molecular flexibility index (Phi) is 2.64. The highest BCUT2D eigenvalue weighted by Gasteiger charge is 2.37. The predicted molar refractivity (Wildman–Crippen MR) is 54.9 cm³/mol. The summed E-state index contributed by atoms with van der Waals surface area (Å²) in [6, 6.07) is -0.586. The fourth-order valence-electron chi connectivity index (χ4n) is 2.15. The number of urea groups is 1. The van der Waals surface area contributed by atoms with Crippen molar-refractivity contribution in [2.75, 3.05) is 6.54 Å². The summed E-state index contributed by atoms with van der Waals surface area (Å²) in [5.74, 6) is -0.744. The highest BCUT2D eigenvalue weighted by Crippen LogP contribution is 2.22. The van der Waals surface area contributed by atoms with Gasteiger partial charge in [-0.2, -0.15) is 0 Å². The lowest BCUT2D eigenvalue weighted by molar-refractivity contribution is -0.143. The third-order valence-corrected chi connectivity index (χ3v) is 2.90. The molecule has 1 fully saturated rings. The third kappa shape index (κ3) is 1.66. The van der Waals surface area contributed by atoms with Crippen LogP contribution in [-0.2, 0) is 9.59 Å². The molecule has 2 aliphatic rings. The van der Waals surface area contributed by atoms with E-state index in [2.05, 4.69) is 0 Å². The fraction of sp³-hybridized carbons (Fsp3) is 0.500. The smallest absolute Gasteiger partial charge is 0.316 e. The molecular weight excluding hydrogens is 210 g/mol. The average Bonchev–Trinajstić information content (AvgIpc) is 2.58. The van der Waals surface area contributed by atoms with E-state index in [1.807, 2.05) is 0 Å². The van der Waals surface area contributed by atoms with Crippen molar-refractivity contribution in [3.05, 3.63) is 12.2 Å². The monoisotopic (exact) mass is 223 g/mol. The zero-order valence-electron chi connectivity index (χ0n) is 8.76. The molecule has 1 unspecified atom stereocenters. The van der Waals surface area contributed by atoms with Gasteiger partial charge in [0.15, 0.2) is 0 Å². The number of hydrogen-bond donors (Lipinski definition) is 1. The number of imide groups is 1. The minimum absolute atomic E-state index is 0.372. The summed E-state index contributed by atoms with van der Waals surface area (Å²) in [5.41, 5.74) is 5.23. The van der Waals surface area contributed by atoms with E-state index >= 15 is 0 Å². The predicted octanol–water partition coefficient (Wildman–Crippen LogP) is -0.198. The van der Waals surface area contributed by atoms with Gasteiger partial charge in [-0.05, 0) is 19.3 Å². The van der Waals surface area contributed by atoms with Gasteiger partial charge in [-0.25, -0.2) is 4.79 Å². The Hall–Kier alpha value is -1.85. The Morgan fingerprint density at radius 2 is 1.88 bits per heavy atom. The van der Waals surface area contributed by atoms with Crippen molar-refractivity contribution in [2.24, 2.45) is 5.73 Å². The van der Waals surface area contributed by atoms with Crippen molar-refractivity contribution in [3.63, 3.8) is 0 Å². The van der Waals surface area contributed by atoms with Crippen LogP contribution in [0.25, 0.3) is 0 Å². The molecule has 0 aromatic heterocycles. The number of carbonyl (C=O) groups excluding carboxylic acids is 3. The summed E-state index contributed by atoms with van der Waals surface area (Å²) in [4.78, 5) is 36.7. The van der Waals surface area contributed by atoms with Gasteiger partial charge in [0.1, 0.15) is 6.17 Å². The Morgan fingerprint density at radius 3 is 2.44 bits per heavy atom. The Labute approximate surface area is 92.7 Å². The number of hydrogen-bond acceptors (Lipinski definition) is 3. The molecule has 1 atom stereocenters. The second-order valence-electron chi connectivity index (χ2n) is 3.89. The normalized spacial score (nSPS) is 25.4. The van der Waals surface area contributed by atoms with Gasteiger partial charge in [-0.15, -0.1) is 0 Å². The van der Waals surface area contributed by atoms with Gasteiger partial charge in [0.25, 0.3) is 11.8 Å². The number of rotatable bonds is 1. The first-order chi connectivity index (χ1) is 7.61. The van der Waals surface area contributed by atoms with E-state index in [1.165, 1.54) is 17.1 Å². The van der Waals surface area contributed by atoms with Crippen LogP contribution in [-0.4, -0.2) is 40.4 Å². The van der Waals surface area contributed by atoms with Crippen molar-refractivity contribution in [1.29, 1.82) is 0 Å². The summed E-state index contributed by atoms with van der Waals surface area (Å²) < 4.78 is 0. The van der Waals surface area contributed by atoms with E-state index in [9.17, 15) is 14.4 Å². The SMILES string of the molecule is NC(=O)N1CCCCC1N1C(=O)C=CC1=O. The third-order valence-electron chi connectivity index (χ3n) is 2.90. The highest BCUT2D eigenvalue weighted by molar-refractivity contribution is 6.13. The number of primary amides is 1. The molecule has 0 aliphatic carbocycles. The maximum absolute atomic E-state index is 11.5. The molecule has 0 spiro atoms. The lowest BCUT2D eigenvalue weighted by atomic mass is 10.1. The standard InChI is InChI=1S/C10H13N3O3/c11-10(16)12-6-2-1-3-7(12)13-8(14)4-5-9(13)15/h4-5,7H,1-3,6H2,(H2,11,16). The van der Waals surface area contributed by atoms with E-state index < -0.39 is 12.2 Å². The summed E-state index contributed by atoms with van der Waals surface area (Å²) in [6.45, 7) is 0.497. The topological polar surface area (TPSA) is 83.7 Å². The Balaban J connectivity index is 2.20. The molecule has 0 aromatic rings. The zero-order valence-corrected chi connectivity index (χ0v) is 8.76. The lowest BCUT2D eigenvalue weighted by Gasteiger charge is -2.38. The van der Waals surface area contributed by atoms with Gasteiger partial charge in [-0.3, -0.25) is 14.5 Å². The van der Waals surface area contributed by atoms with E-state index in [1.54, 1.807) is 0 Å². The first-order valence-electron chi connectivity index (χ1n) is 5.22. The second-order valence-corrected chi connectivity index (χ2v) is 3.89. The Morgan fingerprint density at radius 1 is 1.25 bits per heavy atom. The molecule has 6 heteroatoms. The number of nitrogens with zero attached hydrogens (tertiary/aromatic N) is 2. The summed E-state index contributed by atoms with van der Waals surface area (Å²) >= 11 is 0. The quantitative estimate of drug-likeness (QED) is 0.625. The zero-order chi connectivity index (χ0) is 11.7. The van der Waals surface area contributed by atoms with Crippen LogP contribution < -0.4 is 5.73 Å². The van der Waals surface area contributed by atoms with E-state index in [0.29, 0.717) is 13.0 Å². The molecule has 4 amide bonds. The molecule has 2 heterocycles. The number of carbonyl (C=O) groups is 3. The van der Waals surface area contributed by atoms with Gasteiger partial charge in [-0.1, -0.05) is 0 Å². The van der Waals surface area contributed by atoms with Gasteiger partial charge in [0.2, 0.25) is 0 Å². The molecule has 2 aliphatic heterocycles. The van der Waals surface area contributed by atoms with Crippen LogP contribution in [0.1, 0.15) is 19.3 Å². The molecule has 86 valence electrons. The number of piperidine rings is 1. The van der Waals surface area contributed by atoms with Crippen LogP contribution in [0.2, 0.25) is 0 Å². The van der Waals surface area contributed by atoms with Crippen molar-refractivity contribution < 1.29 is 14.4 Å². The number of amides is 4. The highest BCUT2D eigenvalue weighted by atomic mass is 16.2. The molecule has 2 N–H and O–H groups in total. The van der Waals surface area contributed by atoms with Crippen LogP contribution in [0.15, 0.2) is 12.2 Å². The molecule has 0 radical (unpaired) electrons. The first kappa shape index (κ1) is 10.7. The molecule has 0 saturated carbocycles. The maximum atomic E-state index is 11.5. The van der Waals surface area contributed by atoms with Crippen LogP contribution in [0, 0.1) is 0 Å². The van der Waals surface area contributed by atoms with E-state index in [-0.39, 0.29) is 11.8 Å². The largest absolute Gasteiger partial charge is 0.351 e. The van der Waals surface area contributed by atoms with E-state index in [0.717, 1.165) is 17.7 Å². The van der Waals surface area contributed by atoms with Crippen LogP contribution in [0.4, 0.5) is 4.79 Å². The minimum atomic E-state index is -0.586. The molecule has 6 nitrogen and oxygen atoms in total. The van der Waals surface area contributed by atoms with Crippen LogP contribution >= 0.6 is 0 Å². The Bertz CT molecular complexity index is 360. The van der Waals surface area contributed by atoms with Crippen molar-refractivity contribution in [1.82, 2.24) is 9.80 Å². The first-order valence-corrected chi connectivity index (χ1v) is 5.22. The maximum Gasteiger partial charge on any atom is 0.316 e. The molecule has 0 bridgehead atoms. The van der Waals surface area contributed by atoms with Gasteiger partial charge in [0, 0.05) is 18.7 Å². The van der Waals surface area contributed by atoms with Gasteiger partial charge in [0.05, 0.1) is 0 Å². The number of likely N-dealkylation sites (tertiary alicyclic amines) is 1. The fourth-order valence-corrected chi connectivity index (χ4v) is 2.15. The van der Waals surface area contributed by atoms with Crippen molar-refractivity contribution in [2.45, 2.75) is 25.4 Å². The van der Waals surface area contributed by atoms with E-state index in [4.69, 9.17) is 5.73 Å². The molecule has 1 saturated heterocycles. The molecule has 2 rings (SSSR count). The van der Waals surface area contributed by atoms with Crippen molar-refractivity contribution in [3.8, 4) is 0 Å². The minimum Gasteiger partial charge on any atom is -0.351 e. The lowest BCUT2D eigenvalue weighted by Crippen LogP contribution is -2.56. The average molecular weight is 223 g/mol. The van der Waals surface area contributed by atoms with Gasteiger partial charge >= 0.3 is 6.03 Å². The number of nitrogens with two attached hydrogens (primary N) is 1. The summed E-state index contributed by atoms with van der Waals surface area (Å²) in [6.07, 6.45) is 4.25. The van der Waals surface area contributed by atoms with Crippen LogP contribution in [0.3, 0.4) is 0 Å². The second kappa shape index (κ2) is 3.96. The van der Waals surface area contributed by atoms with Crippen LogP contribution in [0.5, 0.6) is 0 Å².